The van der Waals surface area contributed by atoms with Gasteiger partial charge in [0.1, 0.15) is 0 Å². The van der Waals surface area contributed by atoms with Gasteiger partial charge in [-0.15, -0.1) is 0 Å². The van der Waals surface area contributed by atoms with E-state index in [4.69, 9.17) is 5.73 Å². The molecule has 3 heteroatoms. The normalized spacial score (nSPS) is 21.6. The van der Waals surface area contributed by atoms with Crippen molar-refractivity contribution in [3.05, 3.63) is 29.8 Å². The maximum Gasteiger partial charge on any atom is 0.0731 e. The number of hydrogen-bond donors (Lipinski definition) is 2. The molecule has 1 heterocycles. The van der Waals surface area contributed by atoms with Crippen LogP contribution in [-0.4, -0.2) is 24.3 Å². The molecule has 0 radical (unpaired) electrons. The molecule has 0 aliphatic carbocycles. The average Bonchev–Trinajstić information content (AvgIpc) is 2.65. The summed E-state index contributed by atoms with van der Waals surface area (Å²) < 4.78 is 0. The van der Waals surface area contributed by atoms with Crippen molar-refractivity contribution >= 4 is 5.69 Å². The van der Waals surface area contributed by atoms with Crippen LogP contribution < -0.4 is 10.6 Å². The Hall–Kier alpha value is -1.06. The lowest BCUT2D eigenvalue weighted by Crippen LogP contribution is -2.21. The van der Waals surface area contributed by atoms with Gasteiger partial charge in [-0.1, -0.05) is 12.1 Å². The smallest absolute Gasteiger partial charge is 0.0731 e. The summed E-state index contributed by atoms with van der Waals surface area (Å²) in [5.74, 6) is 0. The Balaban J connectivity index is 2.15. The molecule has 3 N–H and O–H groups in total. The van der Waals surface area contributed by atoms with Crippen LogP contribution in [-0.2, 0) is 6.54 Å². The molecule has 76 valence electrons. The van der Waals surface area contributed by atoms with Gasteiger partial charge in [-0.2, -0.15) is 0 Å². The number of nitrogens with zero attached hydrogens (tertiary/aromatic N) is 1. The molecule has 0 amide bonds. The Morgan fingerprint density at radius 1 is 1.50 bits per heavy atom. The molecule has 1 fully saturated rings. The van der Waals surface area contributed by atoms with Crippen molar-refractivity contribution in [1.82, 2.24) is 0 Å². The van der Waals surface area contributed by atoms with Crippen LogP contribution in [0.15, 0.2) is 24.3 Å². The van der Waals surface area contributed by atoms with Crippen LogP contribution in [0, 0.1) is 0 Å². The standard InChI is InChI=1S/C11H16N2O/c12-7-9-2-1-3-10(6-9)13-5-4-11(14)8-13/h1-3,6,11,14H,4-5,7-8,12H2/t11-/m1/s1. The molecule has 0 aromatic heterocycles. The fourth-order valence-electron chi connectivity index (χ4n) is 1.86. The number of benzene rings is 1. The monoisotopic (exact) mass is 192 g/mol. The lowest BCUT2D eigenvalue weighted by atomic mass is 10.2. The molecule has 1 aromatic carbocycles. The first-order chi connectivity index (χ1) is 6.79. The average molecular weight is 192 g/mol. The fraction of sp³-hybridized carbons (Fsp3) is 0.455. The van der Waals surface area contributed by atoms with E-state index in [0.29, 0.717) is 6.54 Å². The highest BCUT2D eigenvalue weighted by molar-refractivity contribution is 5.49. The number of anilines is 1. The summed E-state index contributed by atoms with van der Waals surface area (Å²) in [6, 6.07) is 8.20. The summed E-state index contributed by atoms with van der Waals surface area (Å²) in [4.78, 5) is 2.20. The van der Waals surface area contributed by atoms with Crippen LogP contribution in [0.5, 0.6) is 0 Å². The van der Waals surface area contributed by atoms with E-state index in [1.807, 2.05) is 12.1 Å². The molecule has 0 saturated carbocycles. The number of rotatable bonds is 2. The summed E-state index contributed by atoms with van der Waals surface area (Å²) in [6.07, 6.45) is 0.698. The van der Waals surface area contributed by atoms with Crippen molar-refractivity contribution < 1.29 is 5.11 Å². The third-order valence-electron chi connectivity index (χ3n) is 2.67. The molecule has 1 aliphatic rings. The summed E-state index contributed by atoms with van der Waals surface area (Å²) in [7, 11) is 0. The molecule has 0 spiro atoms. The zero-order chi connectivity index (χ0) is 9.97. The Morgan fingerprint density at radius 3 is 3.00 bits per heavy atom. The maximum absolute atomic E-state index is 9.42. The quantitative estimate of drug-likeness (QED) is 0.725. The first-order valence-electron chi connectivity index (χ1n) is 5.01. The molecule has 1 saturated heterocycles. The minimum Gasteiger partial charge on any atom is -0.391 e. The number of aliphatic hydroxyl groups is 1. The summed E-state index contributed by atoms with van der Waals surface area (Å²) in [6.45, 7) is 2.26. The maximum atomic E-state index is 9.42. The van der Waals surface area contributed by atoms with Crippen molar-refractivity contribution in [2.75, 3.05) is 18.0 Å². The van der Waals surface area contributed by atoms with E-state index in [2.05, 4.69) is 17.0 Å². The van der Waals surface area contributed by atoms with Gasteiger partial charge in [-0.05, 0) is 24.1 Å². The highest BCUT2D eigenvalue weighted by Crippen LogP contribution is 2.21. The summed E-state index contributed by atoms with van der Waals surface area (Å²) >= 11 is 0. The molecular formula is C11H16N2O. The molecule has 1 atom stereocenters. The number of aliphatic hydroxyl groups excluding tert-OH is 1. The highest BCUT2D eigenvalue weighted by Gasteiger charge is 2.20. The van der Waals surface area contributed by atoms with Crippen molar-refractivity contribution in [3.63, 3.8) is 0 Å². The Morgan fingerprint density at radius 2 is 2.36 bits per heavy atom. The van der Waals surface area contributed by atoms with E-state index in [1.165, 1.54) is 5.69 Å². The van der Waals surface area contributed by atoms with Gasteiger partial charge in [0.2, 0.25) is 0 Å². The first kappa shape index (κ1) is 9.49. The second-order valence-electron chi connectivity index (χ2n) is 3.76. The SMILES string of the molecule is NCc1cccc(N2CC[C@@H](O)C2)c1. The molecule has 1 aromatic rings. The topological polar surface area (TPSA) is 49.5 Å². The Bertz CT molecular complexity index is 314. The van der Waals surface area contributed by atoms with Gasteiger partial charge in [0.05, 0.1) is 6.10 Å². The molecular weight excluding hydrogens is 176 g/mol. The fourth-order valence-corrected chi connectivity index (χ4v) is 1.86. The summed E-state index contributed by atoms with van der Waals surface area (Å²) in [5.41, 5.74) is 7.89. The molecule has 2 rings (SSSR count). The van der Waals surface area contributed by atoms with Gasteiger partial charge in [-0.3, -0.25) is 0 Å². The van der Waals surface area contributed by atoms with E-state index >= 15 is 0 Å². The van der Waals surface area contributed by atoms with Gasteiger partial charge in [0.15, 0.2) is 0 Å². The predicted octanol–water partition coefficient (Wildman–Crippen LogP) is 0.716. The third kappa shape index (κ3) is 1.89. The van der Waals surface area contributed by atoms with Crippen molar-refractivity contribution in [1.29, 1.82) is 0 Å². The zero-order valence-corrected chi connectivity index (χ0v) is 8.19. The molecule has 3 nitrogen and oxygen atoms in total. The third-order valence-corrected chi connectivity index (χ3v) is 2.67. The van der Waals surface area contributed by atoms with E-state index in [1.54, 1.807) is 0 Å². The van der Waals surface area contributed by atoms with E-state index < -0.39 is 0 Å². The largest absolute Gasteiger partial charge is 0.391 e. The van der Waals surface area contributed by atoms with Crippen LogP contribution in [0.1, 0.15) is 12.0 Å². The number of hydrogen-bond acceptors (Lipinski definition) is 3. The lowest BCUT2D eigenvalue weighted by molar-refractivity contribution is 0.198. The first-order valence-corrected chi connectivity index (χ1v) is 5.01. The van der Waals surface area contributed by atoms with Gasteiger partial charge < -0.3 is 15.7 Å². The van der Waals surface area contributed by atoms with Gasteiger partial charge >= 0.3 is 0 Å². The van der Waals surface area contributed by atoms with Crippen LogP contribution in [0.4, 0.5) is 5.69 Å². The van der Waals surface area contributed by atoms with E-state index in [-0.39, 0.29) is 6.10 Å². The predicted molar refractivity (Wildman–Crippen MR) is 57.2 cm³/mol. The van der Waals surface area contributed by atoms with E-state index in [9.17, 15) is 5.11 Å². The van der Waals surface area contributed by atoms with Crippen LogP contribution in [0.25, 0.3) is 0 Å². The number of β-amino-alcohol motifs (C(OH)–C–C–N with tert-alkyl or cyclic N) is 1. The molecule has 0 unspecified atom stereocenters. The van der Waals surface area contributed by atoms with Crippen LogP contribution in [0.3, 0.4) is 0 Å². The van der Waals surface area contributed by atoms with Crippen molar-refractivity contribution in [3.8, 4) is 0 Å². The Labute approximate surface area is 84.1 Å². The van der Waals surface area contributed by atoms with Gasteiger partial charge in [0, 0.05) is 25.3 Å². The highest BCUT2D eigenvalue weighted by atomic mass is 16.3. The van der Waals surface area contributed by atoms with Gasteiger partial charge in [0.25, 0.3) is 0 Å². The van der Waals surface area contributed by atoms with Crippen LogP contribution >= 0.6 is 0 Å². The van der Waals surface area contributed by atoms with Gasteiger partial charge in [-0.25, -0.2) is 0 Å². The Kier molecular flexibility index (Phi) is 2.70. The zero-order valence-electron chi connectivity index (χ0n) is 8.19. The van der Waals surface area contributed by atoms with Crippen molar-refractivity contribution in [2.24, 2.45) is 5.73 Å². The lowest BCUT2D eigenvalue weighted by Gasteiger charge is -2.18. The summed E-state index contributed by atoms with van der Waals surface area (Å²) in [5, 5.41) is 9.42. The molecule has 14 heavy (non-hydrogen) atoms. The second kappa shape index (κ2) is 3.98. The minimum atomic E-state index is -0.170. The second-order valence-corrected chi connectivity index (χ2v) is 3.76. The van der Waals surface area contributed by atoms with E-state index in [0.717, 1.165) is 25.1 Å². The van der Waals surface area contributed by atoms with Crippen LogP contribution in [0.2, 0.25) is 0 Å². The number of nitrogens with two attached hydrogens (primary N) is 1. The molecule has 0 bridgehead atoms. The molecule has 1 aliphatic heterocycles. The minimum absolute atomic E-state index is 0.170. The van der Waals surface area contributed by atoms with Crippen molar-refractivity contribution in [2.45, 2.75) is 19.1 Å².